The Morgan fingerprint density at radius 1 is 1.12 bits per heavy atom. The lowest BCUT2D eigenvalue weighted by Gasteiger charge is -2.08. The maximum atomic E-state index is 12.3. The quantitative estimate of drug-likeness (QED) is 0.669. The van der Waals surface area contributed by atoms with E-state index in [1.807, 2.05) is 19.1 Å². The Labute approximate surface area is 154 Å². The predicted molar refractivity (Wildman–Crippen MR) is 102 cm³/mol. The number of hydrogen-bond donors (Lipinski definition) is 2. The summed E-state index contributed by atoms with van der Waals surface area (Å²) >= 11 is 2.77. The van der Waals surface area contributed by atoms with Crippen LogP contribution in [0.1, 0.15) is 20.1 Å². The predicted octanol–water partition coefficient (Wildman–Crippen LogP) is 3.85. The van der Waals surface area contributed by atoms with Crippen LogP contribution in [0.4, 0.5) is 5.69 Å². The minimum Gasteiger partial charge on any atom is -0.347 e. The van der Waals surface area contributed by atoms with Crippen LogP contribution in [0.15, 0.2) is 58.1 Å². The zero-order valence-electron chi connectivity index (χ0n) is 13.4. The van der Waals surface area contributed by atoms with Crippen molar-refractivity contribution < 1.29 is 13.2 Å². The zero-order valence-corrected chi connectivity index (χ0v) is 15.8. The van der Waals surface area contributed by atoms with Gasteiger partial charge in [-0.2, -0.15) is 0 Å². The van der Waals surface area contributed by atoms with Crippen LogP contribution in [-0.4, -0.2) is 14.3 Å². The monoisotopic (exact) mass is 392 g/mol. The van der Waals surface area contributed by atoms with Crippen molar-refractivity contribution in [3.05, 3.63) is 69.2 Å². The molecule has 0 spiro atoms. The van der Waals surface area contributed by atoms with Gasteiger partial charge in [0.2, 0.25) is 0 Å². The average Bonchev–Trinajstić information content (AvgIpc) is 3.24. The molecule has 0 aliphatic carbocycles. The van der Waals surface area contributed by atoms with Gasteiger partial charge >= 0.3 is 0 Å². The molecule has 0 bridgehead atoms. The molecule has 0 atom stereocenters. The molecular weight excluding hydrogens is 376 g/mol. The largest absolute Gasteiger partial charge is 0.347 e. The number of aryl methyl sites for hydroxylation is 1. The Morgan fingerprint density at radius 2 is 1.96 bits per heavy atom. The molecule has 0 saturated heterocycles. The summed E-state index contributed by atoms with van der Waals surface area (Å²) in [5.41, 5.74) is 0.757. The molecule has 0 aliphatic rings. The third-order valence-corrected chi connectivity index (χ3v) is 7.14. The maximum absolute atomic E-state index is 12.3. The normalized spacial score (nSPS) is 11.2. The van der Waals surface area contributed by atoms with Crippen molar-refractivity contribution in [2.45, 2.75) is 17.7 Å². The highest BCUT2D eigenvalue weighted by Gasteiger charge is 2.16. The third-order valence-electron chi connectivity index (χ3n) is 3.36. The van der Waals surface area contributed by atoms with E-state index in [0.29, 0.717) is 17.8 Å². The van der Waals surface area contributed by atoms with E-state index in [1.165, 1.54) is 17.0 Å². The molecule has 2 aromatic heterocycles. The van der Waals surface area contributed by atoms with Gasteiger partial charge in [0.05, 0.1) is 6.54 Å². The second kappa shape index (κ2) is 7.38. The van der Waals surface area contributed by atoms with Crippen molar-refractivity contribution in [1.29, 1.82) is 0 Å². The second-order valence-corrected chi connectivity index (χ2v) is 9.54. The summed E-state index contributed by atoms with van der Waals surface area (Å²) in [4.78, 5) is 14.5. The molecule has 8 heteroatoms. The first-order valence-corrected chi connectivity index (χ1v) is 10.6. The number of amides is 1. The van der Waals surface area contributed by atoms with Gasteiger partial charge in [0.25, 0.3) is 15.9 Å². The lowest BCUT2D eigenvalue weighted by molar-refractivity contribution is 0.0951. The van der Waals surface area contributed by atoms with Crippen molar-refractivity contribution >= 4 is 44.3 Å². The van der Waals surface area contributed by atoms with Crippen LogP contribution in [0.5, 0.6) is 0 Å². The molecule has 1 amide bonds. The van der Waals surface area contributed by atoms with Crippen LogP contribution in [0.3, 0.4) is 0 Å². The van der Waals surface area contributed by atoms with Crippen molar-refractivity contribution in [3.63, 3.8) is 0 Å². The zero-order chi connectivity index (χ0) is 17.9. The lowest BCUT2D eigenvalue weighted by atomic mass is 10.2. The number of carbonyl (C=O) groups excluding carboxylic acids is 1. The number of sulfonamides is 1. The maximum Gasteiger partial charge on any atom is 0.271 e. The molecule has 0 radical (unpaired) electrons. The number of thiophene rings is 2. The standard InChI is InChI=1S/C17H16N2O3S3/c1-12-7-8-15(24-12)11-18-17(20)13-4-2-5-14(10-13)19-25(21,22)16-6-3-9-23-16/h2-10,19H,11H2,1H3,(H,18,20). The number of nitrogens with one attached hydrogen (secondary N) is 2. The number of carbonyl (C=O) groups is 1. The Hall–Kier alpha value is -2.16. The van der Waals surface area contributed by atoms with Crippen molar-refractivity contribution in [1.82, 2.24) is 5.32 Å². The molecular formula is C17H16N2O3S3. The molecule has 0 saturated carbocycles. The number of benzene rings is 1. The molecule has 0 fully saturated rings. The number of rotatable bonds is 6. The summed E-state index contributed by atoms with van der Waals surface area (Å²) < 4.78 is 27.2. The fraction of sp³-hybridized carbons (Fsp3) is 0.118. The lowest BCUT2D eigenvalue weighted by Crippen LogP contribution is -2.22. The van der Waals surface area contributed by atoms with Gasteiger partial charge in [0.15, 0.2) is 0 Å². The third kappa shape index (κ3) is 4.47. The van der Waals surface area contributed by atoms with Gasteiger partial charge in [-0.25, -0.2) is 8.42 Å². The SMILES string of the molecule is Cc1ccc(CNC(=O)c2cccc(NS(=O)(=O)c3cccs3)c2)s1. The van der Waals surface area contributed by atoms with E-state index < -0.39 is 10.0 Å². The molecule has 3 rings (SSSR count). The van der Waals surface area contributed by atoms with Gasteiger partial charge in [-0.15, -0.1) is 22.7 Å². The molecule has 2 N–H and O–H groups in total. The summed E-state index contributed by atoms with van der Waals surface area (Å²) in [5.74, 6) is -0.247. The highest BCUT2D eigenvalue weighted by molar-refractivity contribution is 7.94. The molecule has 25 heavy (non-hydrogen) atoms. The summed E-state index contributed by atoms with van der Waals surface area (Å²) in [6.45, 7) is 2.46. The summed E-state index contributed by atoms with van der Waals surface area (Å²) in [6, 6.07) is 13.6. The van der Waals surface area contributed by atoms with Crippen LogP contribution in [0.25, 0.3) is 0 Å². The topological polar surface area (TPSA) is 75.3 Å². The number of anilines is 1. The van der Waals surface area contributed by atoms with E-state index >= 15 is 0 Å². The summed E-state index contributed by atoms with van der Waals surface area (Å²) in [6.07, 6.45) is 0. The van der Waals surface area contributed by atoms with Crippen LogP contribution in [-0.2, 0) is 16.6 Å². The smallest absolute Gasteiger partial charge is 0.271 e. The highest BCUT2D eigenvalue weighted by atomic mass is 32.2. The van der Waals surface area contributed by atoms with Crippen molar-refractivity contribution in [2.75, 3.05) is 4.72 Å². The molecule has 1 aromatic carbocycles. The van der Waals surface area contributed by atoms with Gasteiger partial charge in [-0.05, 0) is 48.7 Å². The summed E-state index contributed by atoms with van der Waals surface area (Å²) in [5, 5.41) is 4.54. The first-order valence-electron chi connectivity index (χ1n) is 7.44. The highest BCUT2D eigenvalue weighted by Crippen LogP contribution is 2.21. The molecule has 5 nitrogen and oxygen atoms in total. The fourth-order valence-electron chi connectivity index (χ4n) is 2.20. The minimum absolute atomic E-state index is 0.232. The van der Waals surface area contributed by atoms with Crippen LogP contribution in [0.2, 0.25) is 0 Å². The van der Waals surface area contributed by atoms with E-state index in [-0.39, 0.29) is 10.1 Å². The van der Waals surface area contributed by atoms with Gasteiger partial charge in [0, 0.05) is 21.0 Å². The van der Waals surface area contributed by atoms with E-state index in [2.05, 4.69) is 10.0 Å². The Kier molecular flexibility index (Phi) is 5.22. The van der Waals surface area contributed by atoms with Gasteiger partial charge < -0.3 is 5.32 Å². The fourth-order valence-corrected chi connectivity index (χ4v) is 5.07. The Bertz CT molecular complexity index is 976. The minimum atomic E-state index is -3.63. The summed E-state index contributed by atoms with van der Waals surface area (Å²) in [7, 11) is -3.63. The Morgan fingerprint density at radius 3 is 2.64 bits per heavy atom. The second-order valence-electron chi connectivity index (χ2n) is 5.31. The van der Waals surface area contributed by atoms with Gasteiger partial charge in [-0.1, -0.05) is 12.1 Å². The van der Waals surface area contributed by atoms with Gasteiger partial charge in [-0.3, -0.25) is 9.52 Å². The van der Waals surface area contributed by atoms with Gasteiger partial charge in [0.1, 0.15) is 4.21 Å². The van der Waals surface area contributed by atoms with E-state index in [9.17, 15) is 13.2 Å². The van der Waals surface area contributed by atoms with Crippen molar-refractivity contribution in [3.8, 4) is 0 Å². The van der Waals surface area contributed by atoms with E-state index in [0.717, 1.165) is 16.2 Å². The average molecular weight is 393 g/mol. The first kappa shape index (κ1) is 17.7. The molecule has 3 aromatic rings. The first-order chi connectivity index (χ1) is 11.9. The van der Waals surface area contributed by atoms with Crippen LogP contribution in [0, 0.1) is 6.92 Å². The molecule has 130 valence electrons. The number of hydrogen-bond acceptors (Lipinski definition) is 5. The molecule has 0 unspecified atom stereocenters. The van der Waals surface area contributed by atoms with Crippen molar-refractivity contribution in [2.24, 2.45) is 0 Å². The van der Waals surface area contributed by atoms with E-state index in [1.54, 1.807) is 41.0 Å². The van der Waals surface area contributed by atoms with Crippen LogP contribution >= 0.6 is 22.7 Å². The van der Waals surface area contributed by atoms with E-state index in [4.69, 9.17) is 0 Å². The molecule has 0 aliphatic heterocycles. The molecule has 2 heterocycles. The van der Waals surface area contributed by atoms with Crippen LogP contribution < -0.4 is 10.0 Å². The Balaban J connectivity index is 1.69.